The quantitative estimate of drug-likeness (QED) is 0.810. The summed E-state index contributed by atoms with van der Waals surface area (Å²) in [6, 6.07) is 7.88. The minimum Gasteiger partial charge on any atom is -0.354 e. The van der Waals surface area contributed by atoms with Gasteiger partial charge in [0.15, 0.2) is 0 Å². The summed E-state index contributed by atoms with van der Waals surface area (Å²) < 4.78 is 0. The first-order valence-corrected chi connectivity index (χ1v) is 10.1. The molecule has 1 atom stereocenters. The standard InChI is InChI=1S/C21H26N6O2/c1-3-22-21-23-11-18-19(25-21)27-10-4-5-17(27)13-26(20(18)29)12-15-6-8-16(9-7-15)24-14(2)28/h6-9,11,17H,3-5,10,12-13H2,1-2H3,(H,24,28)(H,22,23,25)/t17-/m0/s1. The molecule has 1 aromatic carbocycles. The lowest BCUT2D eigenvalue weighted by Crippen LogP contribution is -2.39. The van der Waals surface area contributed by atoms with Gasteiger partial charge < -0.3 is 20.4 Å². The van der Waals surface area contributed by atoms with E-state index in [1.807, 2.05) is 36.1 Å². The molecule has 8 nitrogen and oxygen atoms in total. The summed E-state index contributed by atoms with van der Waals surface area (Å²) >= 11 is 0. The van der Waals surface area contributed by atoms with Crippen LogP contribution in [-0.4, -0.2) is 52.4 Å². The lowest BCUT2D eigenvalue weighted by Gasteiger charge is -2.27. The van der Waals surface area contributed by atoms with Gasteiger partial charge in [-0.05, 0) is 37.5 Å². The minimum absolute atomic E-state index is 0.0385. The van der Waals surface area contributed by atoms with E-state index in [1.165, 1.54) is 6.92 Å². The van der Waals surface area contributed by atoms with Crippen molar-refractivity contribution in [2.45, 2.75) is 39.3 Å². The summed E-state index contributed by atoms with van der Waals surface area (Å²) in [6.45, 7) is 6.30. The molecule has 152 valence electrons. The molecule has 0 spiro atoms. The number of hydrogen-bond acceptors (Lipinski definition) is 6. The van der Waals surface area contributed by atoms with Crippen molar-refractivity contribution < 1.29 is 9.59 Å². The number of hydrogen-bond donors (Lipinski definition) is 2. The van der Waals surface area contributed by atoms with Crippen molar-refractivity contribution in [3.63, 3.8) is 0 Å². The van der Waals surface area contributed by atoms with Crippen molar-refractivity contribution in [2.24, 2.45) is 0 Å². The van der Waals surface area contributed by atoms with Gasteiger partial charge in [-0.3, -0.25) is 9.59 Å². The van der Waals surface area contributed by atoms with Gasteiger partial charge in [-0.25, -0.2) is 4.98 Å². The van der Waals surface area contributed by atoms with Crippen molar-refractivity contribution in [2.75, 3.05) is 35.2 Å². The van der Waals surface area contributed by atoms with E-state index >= 15 is 0 Å². The van der Waals surface area contributed by atoms with Gasteiger partial charge in [-0.15, -0.1) is 0 Å². The topological polar surface area (TPSA) is 90.5 Å². The fraction of sp³-hybridized carbons (Fsp3) is 0.429. The highest BCUT2D eigenvalue weighted by Gasteiger charge is 2.36. The smallest absolute Gasteiger partial charge is 0.259 e. The summed E-state index contributed by atoms with van der Waals surface area (Å²) in [5, 5.41) is 5.90. The molecular weight excluding hydrogens is 368 g/mol. The van der Waals surface area contributed by atoms with Crippen LogP contribution in [0.25, 0.3) is 0 Å². The molecule has 4 rings (SSSR count). The SMILES string of the molecule is CCNc1ncc2c(n1)N1CCC[C@H]1CN(Cc1ccc(NC(C)=O)cc1)C2=O. The van der Waals surface area contributed by atoms with Crippen LogP contribution in [0.2, 0.25) is 0 Å². The predicted octanol–water partition coefficient (Wildman–Crippen LogP) is 2.49. The molecule has 0 unspecified atom stereocenters. The molecule has 2 aliphatic rings. The third-order valence-corrected chi connectivity index (χ3v) is 5.35. The van der Waals surface area contributed by atoms with Gasteiger partial charge >= 0.3 is 0 Å². The molecule has 2 N–H and O–H groups in total. The summed E-state index contributed by atoms with van der Waals surface area (Å²) in [5.74, 6) is 1.16. The number of rotatable bonds is 5. The lowest BCUT2D eigenvalue weighted by molar-refractivity contribution is -0.114. The van der Waals surface area contributed by atoms with Crippen molar-refractivity contribution >= 4 is 29.3 Å². The van der Waals surface area contributed by atoms with Gasteiger partial charge in [0.2, 0.25) is 11.9 Å². The molecule has 29 heavy (non-hydrogen) atoms. The molecule has 0 aliphatic carbocycles. The van der Waals surface area contributed by atoms with Gasteiger partial charge in [0.1, 0.15) is 11.4 Å². The first kappa shape index (κ1) is 19.2. The van der Waals surface area contributed by atoms with Gasteiger partial charge in [0, 0.05) is 51.0 Å². The van der Waals surface area contributed by atoms with Crippen LogP contribution in [0.4, 0.5) is 17.5 Å². The Bertz CT molecular complexity index is 914. The second-order valence-electron chi connectivity index (χ2n) is 7.51. The van der Waals surface area contributed by atoms with Crippen LogP contribution >= 0.6 is 0 Å². The lowest BCUT2D eigenvalue weighted by atomic mass is 10.1. The van der Waals surface area contributed by atoms with Crippen LogP contribution < -0.4 is 15.5 Å². The van der Waals surface area contributed by atoms with Crippen LogP contribution in [0.5, 0.6) is 0 Å². The Balaban J connectivity index is 1.60. The van der Waals surface area contributed by atoms with E-state index in [0.717, 1.165) is 43.0 Å². The predicted molar refractivity (Wildman–Crippen MR) is 112 cm³/mol. The van der Waals surface area contributed by atoms with Gasteiger partial charge in [0.25, 0.3) is 5.91 Å². The Labute approximate surface area is 170 Å². The molecule has 1 saturated heterocycles. The Morgan fingerprint density at radius 3 is 2.79 bits per heavy atom. The molecule has 2 amide bonds. The average Bonchev–Trinajstić information content (AvgIpc) is 3.12. The van der Waals surface area contributed by atoms with E-state index in [1.54, 1.807) is 6.20 Å². The maximum absolute atomic E-state index is 13.3. The van der Waals surface area contributed by atoms with Crippen molar-refractivity contribution in [1.29, 1.82) is 0 Å². The number of nitrogens with zero attached hydrogens (tertiary/aromatic N) is 4. The molecule has 0 radical (unpaired) electrons. The van der Waals surface area contributed by atoms with E-state index < -0.39 is 0 Å². The average molecular weight is 394 g/mol. The number of anilines is 3. The Kier molecular flexibility index (Phi) is 5.33. The number of carbonyl (C=O) groups excluding carboxylic acids is 2. The highest BCUT2D eigenvalue weighted by Crippen LogP contribution is 2.32. The first-order valence-electron chi connectivity index (χ1n) is 10.1. The monoisotopic (exact) mass is 394 g/mol. The molecule has 8 heteroatoms. The van der Waals surface area contributed by atoms with Crippen LogP contribution in [-0.2, 0) is 11.3 Å². The van der Waals surface area contributed by atoms with Crippen molar-refractivity contribution in [3.8, 4) is 0 Å². The molecule has 0 saturated carbocycles. The normalized spacial score (nSPS) is 18.1. The second-order valence-corrected chi connectivity index (χ2v) is 7.51. The minimum atomic E-state index is -0.102. The molecule has 2 aromatic rings. The van der Waals surface area contributed by atoms with Crippen molar-refractivity contribution in [1.82, 2.24) is 14.9 Å². The molecular formula is C21H26N6O2. The fourth-order valence-corrected chi connectivity index (χ4v) is 4.05. The van der Waals surface area contributed by atoms with Gasteiger partial charge in [0.05, 0.1) is 0 Å². The van der Waals surface area contributed by atoms with Crippen LogP contribution in [0.1, 0.15) is 42.6 Å². The van der Waals surface area contributed by atoms with Crippen LogP contribution in [0.3, 0.4) is 0 Å². The largest absolute Gasteiger partial charge is 0.354 e. The van der Waals surface area contributed by atoms with Crippen LogP contribution in [0.15, 0.2) is 30.5 Å². The maximum Gasteiger partial charge on any atom is 0.259 e. The first-order chi connectivity index (χ1) is 14.0. The summed E-state index contributed by atoms with van der Waals surface area (Å²) in [4.78, 5) is 37.6. The zero-order valence-electron chi connectivity index (χ0n) is 16.8. The molecule has 0 bridgehead atoms. The zero-order chi connectivity index (χ0) is 20.4. The molecule has 2 aliphatic heterocycles. The zero-order valence-corrected chi connectivity index (χ0v) is 16.8. The highest BCUT2D eigenvalue weighted by atomic mass is 16.2. The number of fused-ring (bicyclic) bond motifs is 3. The molecule has 3 heterocycles. The fourth-order valence-electron chi connectivity index (χ4n) is 4.05. The number of aromatic nitrogens is 2. The van der Waals surface area contributed by atoms with E-state index in [9.17, 15) is 9.59 Å². The number of amides is 2. The Hall–Kier alpha value is -3.16. The number of carbonyl (C=O) groups is 2. The van der Waals surface area contributed by atoms with E-state index in [-0.39, 0.29) is 17.9 Å². The van der Waals surface area contributed by atoms with Crippen LogP contribution in [0, 0.1) is 0 Å². The van der Waals surface area contributed by atoms with E-state index in [0.29, 0.717) is 24.6 Å². The maximum atomic E-state index is 13.3. The highest BCUT2D eigenvalue weighted by molar-refractivity contribution is 5.99. The Morgan fingerprint density at radius 1 is 1.28 bits per heavy atom. The number of benzene rings is 1. The number of nitrogens with one attached hydrogen (secondary N) is 2. The third-order valence-electron chi connectivity index (χ3n) is 5.35. The van der Waals surface area contributed by atoms with E-state index in [4.69, 9.17) is 0 Å². The second kappa shape index (κ2) is 8.06. The third kappa shape index (κ3) is 4.01. The van der Waals surface area contributed by atoms with Crippen molar-refractivity contribution in [3.05, 3.63) is 41.6 Å². The summed E-state index contributed by atoms with van der Waals surface area (Å²) in [7, 11) is 0. The van der Waals surface area contributed by atoms with E-state index in [2.05, 4.69) is 25.5 Å². The summed E-state index contributed by atoms with van der Waals surface area (Å²) in [6.07, 6.45) is 3.79. The Morgan fingerprint density at radius 2 is 2.07 bits per heavy atom. The summed E-state index contributed by atoms with van der Waals surface area (Å²) in [5.41, 5.74) is 2.33. The van der Waals surface area contributed by atoms with Gasteiger partial charge in [-0.2, -0.15) is 4.98 Å². The molecule has 1 aromatic heterocycles. The molecule has 1 fully saturated rings. The van der Waals surface area contributed by atoms with Gasteiger partial charge in [-0.1, -0.05) is 12.1 Å².